The maximum absolute atomic E-state index is 6.39. The second kappa shape index (κ2) is 4.92. The van der Waals surface area contributed by atoms with Crippen molar-refractivity contribution in [2.45, 2.75) is 26.8 Å². The Morgan fingerprint density at radius 2 is 1.71 bits per heavy atom. The quantitative estimate of drug-likeness (QED) is 0.869. The van der Waals surface area contributed by atoms with Crippen molar-refractivity contribution in [2.24, 2.45) is 5.73 Å². The lowest BCUT2D eigenvalue weighted by Crippen LogP contribution is -2.14. The fourth-order valence-electron chi connectivity index (χ4n) is 2.35. The van der Waals surface area contributed by atoms with Gasteiger partial charge in [0.25, 0.3) is 0 Å². The molecule has 0 aliphatic rings. The molecule has 0 aliphatic carbocycles. The number of nitrogens with two attached hydrogens (primary N) is 1. The van der Waals surface area contributed by atoms with Gasteiger partial charge in [0.2, 0.25) is 0 Å². The first-order valence-electron chi connectivity index (χ1n) is 5.55. The van der Waals surface area contributed by atoms with Gasteiger partial charge in [0.1, 0.15) is 0 Å². The largest absolute Gasteiger partial charge is 0.320 e. The molecule has 1 atom stereocenters. The SMILES string of the molecule is Cc1cc(C)c(C(N)c2cscc2Br)c(C)c1. The summed E-state index contributed by atoms with van der Waals surface area (Å²) in [6.45, 7) is 6.39. The van der Waals surface area contributed by atoms with E-state index in [1.165, 1.54) is 27.8 Å². The van der Waals surface area contributed by atoms with Gasteiger partial charge in [0, 0.05) is 9.85 Å². The second-order valence-corrected chi connectivity index (χ2v) is 6.06. The van der Waals surface area contributed by atoms with Gasteiger partial charge in [-0.05, 0) is 64.3 Å². The van der Waals surface area contributed by atoms with Crippen LogP contribution < -0.4 is 5.73 Å². The van der Waals surface area contributed by atoms with Crippen molar-refractivity contribution < 1.29 is 0 Å². The van der Waals surface area contributed by atoms with Gasteiger partial charge in [-0.1, -0.05) is 17.7 Å². The van der Waals surface area contributed by atoms with Crippen LogP contribution in [-0.2, 0) is 0 Å². The van der Waals surface area contributed by atoms with Crippen LogP contribution in [0.5, 0.6) is 0 Å². The minimum atomic E-state index is -0.0452. The standard InChI is InChI=1S/C14H16BrNS/c1-8-4-9(2)13(10(3)5-8)14(16)11-6-17-7-12(11)15/h4-7,14H,16H2,1-3H3. The van der Waals surface area contributed by atoms with Crippen LogP contribution in [0.4, 0.5) is 0 Å². The molecule has 0 bridgehead atoms. The molecule has 1 unspecified atom stereocenters. The number of benzene rings is 1. The lowest BCUT2D eigenvalue weighted by Gasteiger charge is -2.18. The van der Waals surface area contributed by atoms with E-state index in [-0.39, 0.29) is 6.04 Å². The molecule has 0 spiro atoms. The van der Waals surface area contributed by atoms with Crippen LogP contribution in [0.1, 0.15) is 33.9 Å². The van der Waals surface area contributed by atoms with E-state index in [1.807, 2.05) is 0 Å². The molecule has 0 aliphatic heterocycles. The highest BCUT2D eigenvalue weighted by Crippen LogP contribution is 2.33. The molecule has 1 nitrogen and oxygen atoms in total. The van der Waals surface area contributed by atoms with E-state index in [9.17, 15) is 0 Å². The first kappa shape index (κ1) is 12.8. The molecule has 2 aromatic rings. The van der Waals surface area contributed by atoms with Crippen molar-refractivity contribution in [1.29, 1.82) is 0 Å². The number of thiophene rings is 1. The molecule has 90 valence electrons. The van der Waals surface area contributed by atoms with Crippen LogP contribution in [0.25, 0.3) is 0 Å². The Morgan fingerprint density at radius 3 is 2.18 bits per heavy atom. The van der Waals surface area contributed by atoms with Gasteiger partial charge in [-0.15, -0.1) is 0 Å². The third kappa shape index (κ3) is 2.46. The van der Waals surface area contributed by atoms with Crippen LogP contribution in [-0.4, -0.2) is 0 Å². The summed E-state index contributed by atoms with van der Waals surface area (Å²) in [5, 5.41) is 4.20. The summed E-state index contributed by atoms with van der Waals surface area (Å²) < 4.78 is 1.11. The number of aryl methyl sites for hydroxylation is 3. The van der Waals surface area contributed by atoms with E-state index >= 15 is 0 Å². The summed E-state index contributed by atoms with van der Waals surface area (Å²) in [5.41, 5.74) is 12.6. The van der Waals surface area contributed by atoms with E-state index < -0.39 is 0 Å². The zero-order valence-corrected chi connectivity index (χ0v) is 12.7. The highest BCUT2D eigenvalue weighted by Gasteiger charge is 2.17. The zero-order chi connectivity index (χ0) is 12.6. The molecule has 0 radical (unpaired) electrons. The molecule has 3 heteroatoms. The predicted molar refractivity (Wildman–Crippen MR) is 78.7 cm³/mol. The van der Waals surface area contributed by atoms with Crippen molar-refractivity contribution >= 4 is 27.3 Å². The Kier molecular flexibility index (Phi) is 3.71. The molecule has 17 heavy (non-hydrogen) atoms. The molecule has 0 fully saturated rings. The Morgan fingerprint density at radius 1 is 1.12 bits per heavy atom. The Hall–Kier alpha value is -0.640. The van der Waals surface area contributed by atoms with Crippen molar-refractivity contribution in [3.8, 4) is 0 Å². The van der Waals surface area contributed by atoms with Gasteiger partial charge in [0.15, 0.2) is 0 Å². The fraction of sp³-hybridized carbons (Fsp3) is 0.286. The highest BCUT2D eigenvalue weighted by molar-refractivity contribution is 9.10. The molecule has 0 saturated heterocycles. The van der Waals surface area contributed by atoms with E-state index in [4.69, 9.17) is 5.73 Å². The lowest BCUT2D eigenvalue weighted by molar-refractivity contribution is 0.850. The van der Waals surface area contributed by atoms with Crippen LogP contribution in [0.2, 0.25) is 0 Å². The highest BCUT2D eigenvalue weighted by atomic mass is 79.9. The molecule has 2 N–H and O–H groups in total. The summed E-state index contributed by atoms with van der Waals surface area (Å²) in [5.74, 6) is 0. The Labute approximate surface area is 115 Å². The van der Waals surface area contributed by atoms with Crippen LogP contribution >= 0.6 is 27.3 Å². The summed E-state index contributed by atoms with van der Waals surface area (Å²) in [7, 11) is 0. The molecule has 0 saturated carbocycles. The maximum Gasteiger partial charge on any atom is 0.0576 e. The molecule has 1 heterocycles. The molecular weight excluding hydrogens is 294 g/mol. The second-order valence-electron chi connectivity index (χ2n) is 4.47. The number of hydrogen-bond donors (Lipinski definition) is 1. The van der Waals surface area contributed by atoms with E-state index in [0.29, 0.717) is 0 Å². The van der Waals surface area contributed by atoms with Crippen molar-refractivity contribution in [2.75, 3.05) is 0 Å². The summed E-state index contributed by atoms with van der Waals surface area (Å²) in [6, 6.07) is 4.35. The summed E-state index contributed by atoms with van der Waals surface area (Å²) in [4.78, 5) is 0. The van der Waals surface area contributed by atoms with E-state index in [2.05, 4.69) is 59.6 Å². The third-order valence-electron chi connectivity index (χ3n) is 3.03. The minimum Gasteiger partial charge on any atom is -0.320 e. The Balaban J connectivity index is 2.51. The van der Waals surface area contributed by atoms with Crippen LogP contribution in [0.3, 0.4) is 0 Å². The molecule has 0 amide bonds. The van der Waals surface area contributed by atoms with Crippen LogP contribution in [0, 0.1) is 20.8 Å². The monoisotopic (exact) mass is 309 g/mol. The topological polar surface area (TPSA) is 26.0 Å². The maximum atomic E-state index is 6.39. The van der Waals surface area contributed by atoms with E-state index in [1.54, 1.807) is 11.3 Å². The molecular formula is C14H16BrNS. The zero-order valence-electron chi connectivity index (χ0n) is 10.3. The van der Waals surface area contributed by atoms with Crippen molar-refractivity contribution in [3.05, 3.63) is 55.2 Å². The Bertz CT molecular complexity index is 522. The van der Waals surface area contributed by atoms with Gasteiger partial charge in [0.05, 0.1) is 6.04 Å². The van der Waals surface area contributed by atoms with Crippen LogP contribution in [0.15, 0.2) is 27.4 Å². The molecule has 1 aromatic carbocycles. The fourth-order valence-corrected chi connectivity index (χ4v) is 3.93. The first-order chi connectivity index (χ1) is 8.00. The number of hydrogen-bond acceptors (Lipinski definition) is 2. The van der Waals surface area contributed by atoms with Crippen molar-refractivity contribution in [1.82, 2.24) is 0 Å². The average molecular weight is 310 g/mol. The van der Waals surface area contributed by atoms with Gasteiger partial charge in [-0.25, -0.2) is 0 Å². The van der Waals surface area contributed by atoms with E-state index in [0.717, 1.165) is 4.47 Å². The lowest BCUT2D eigenvalue weighted by atomic mass is 9.92. The smallest absolute Gasteiger partial charge is 0.0576 e. The normalized spacial score (nSPS) is 12.8. The van der Waals surface area contributed by atoms with Gasteiger partial charge < -0.3 is 5.73 Å². The average Bonchev–Trinajstić information content (AvgIpc) is 2.62. The third-order valence-corrected chi connectivity index (χ3v) is 4.78. The van der Waals surface area contributed by atoms with Crippen molar-refractivity contribution in [3.63, 3.8) is 0 Å². The summed E-state index contributed by atoms with van der Waals surface area (Å²) in [6.07, 6.45) is 0. The summed E-state index contributed by atoms with van der Waals surface area (Å²) >= 11 is 5.24. The first-order valence-corrected chi connectivity index (χ1v) is 7.29. The molecule has 2 rings (SSSR count). The predicted octanol–water partition coefficient (Wildman–Crippen LogP) is 4.48. The molecule has 1 aromatic heterocycles. The van der Waals surface area contributed by atoms with Gasteiger partial charge in [-0.3, -0.25) is 0 Å². The number of halogens is 1. The van der Waals surface area contributed by atoms with Gasteiger partial charge >= 0.3 is 0 Å². The number of rotatable bonds is 2. The minimum absolute atomic E-state index is 0.0452. The van der Waals surface area contributed by atoms with Gasteiger partial charge in [-0.2, -0.15) is 11.3 Å².